The maximum Gasteiger partial charge on any atom is 0.335 e. The van der Waals surface area contributed by atoms with Crippen LogP contribution in [-0.2, 0) is 14.8 Å². The summed E-state index contributed by atoms with van der Waals surface area (Å²) < 4.78 is 32.4. The van der Waals surface area contributed by atoms with Gasteiger partial charge in [0.2, 0.25) is 0 Å². The van der Waals surface area contributed by atoms with Gasteiger partial charge >= 0.3 is 5.97 Å². The molecule has 0 atom stereocenters. The number of carboxylic acids is 1. The number of nitrogens with one attached hydrogen (secondary N) is 2. The van der Waals surface area contributed by atoms with Crippen molar-refractivity contribution in [2.24, 2.45) is 0 Å². The van der Waals surface area contributed by atoms with Crippen molar-refractivity contribution < 1.29 is 27.9 Å². The second-order valence-electron chi connectivity index (χ2n) is 4.99. The molecule has 3 rings (SSSR count). The summed E-state index contributed by atoms with van der Waals surface area (Å²) in [5.41, 5.74) is 0.336. The maximum atomic E-state index is 12.4. The van der Waals surface area contributed by atoms with E-state index in [0.717, 1.165) is 0 Å². The molecule has 0 radical (unpaired) electrons. The van der Waals surface area contributed by atoms with Crippen molar-refractivity contribution in [3.63, 3.8) is 0 Å². The van der Waals surface area contributed by atoms with E-state index in [1.54, 1.807) is 0 Å². The summed E-state index contributed by atoms with van der Waals surface area (Å²) in [6.07, 6.45) is 0. The lowest BCUT2D eigenvalue weighted by molar-refractivity contribution is -0.118. The number of fused-ring (bicyclic) bond motifs is 1. The van der Waals surface area contributed by atoms with Gasteiger partial charge in [-0.3, -0.25) is 9.52 Å². The molecule has 1 amide bonds. The molecule has 0 saturated carbocycles. The molecule has 0 saturated heterocycles. The SMILES string of the molecule is O=C1COc2ccc(S(=O)(=O)Nc3cccc(C(=O)O)c3)cc2N1. The van der Waals surface area contributed by atoms with E-state index in [9.17, 15) is 18.0 Å². The second kappa shape index (κ2) is 5.85. The zero-order valence-corrected chi connectivity index (χ0v) is 13.0. The highest BCUT2D eigenvalue weighted by Crippen LogP contribution is 2.30. The Morgan fingerprint density at radius 2 is 2.00 bits per heavy atom. The van der Waals surface area contributed by atoms with Gasteiger partial charge in [0, 0.05) is 5.69 Å². The highest BCUT2D eigenvalue weighted by Gasteiger charge is 2.21. The number of sulfonamides is 1. The van der Waals surface area contributed by atoms with Crippen LogP contribution in [0, 0.1) is 0 Å². The van der Waals surface area contributed by atoms with Crippen molar-refractivity contribution in [2.75, 3.05) is 16.6 Å². The fraction of sp³-hybridized carbons (Fsp3) is 0.0667. The largest absolute Gasteiger partial charge is 0.482 e. The normalized spacial score (nSPS) is 13.4. The number of amides is 1. The van der Waals surface area contributed by atoms with E-state index in [-0.39, 0.29) is 34.3 Å². The summed E-state index contributed by atoms with van der Waals surface area (Å²) in [5, 5.41) is 11.5. The number of ether oxygens (including phenoxy) is 1. The van der Waals surface area contributed by atoms with E-state index in [4.69, 9.17) is 9.84 Å². The topological polar surface area (TPSA) is 122 Å². The molecule has 124 valence electrons. The maximum absolute atomic E-state index is 12.4. The predicted molar refractivity (Wildman–Crippen MR) is 84.8 cm³/mol. The van der Waals surface area contributed by atoms with E-state index >= 15 is 0 Å². The van der Waals surface area contributed by atoms with E-state index in [0.29, 0.717) is 5.75 Å². The Bertz CT molecular complexity index is 939. The van der Waals surface area contributed by atoms with E-state index in [2.05, 4.69) is 10.0 Å². The van der Waals surface area contributed by atoms with Crippen molar-refractivity contribution in [1.29, 1.82) is 0 Å². The molecule has 1 heterocycles. The molecule has 8 nitrogen and oxygen atoms in total. The quantitative estimate of drug-likeness (QED) is 0.770. The molecule has 1 aliphatic heterocycles. The van der Waals surface area contributed by atoms with Crippen molar-refractivity contribution in [3.05, 3.63) is 48.0 Å². The molecule has 2 aromatic rings. The third-order valence-electron chi connectivity index (χ3n) is 3.26. The zero-order chi connectivity index (χ0) is 17.3. The van der Waals surface area contributed by atoms with Crippen LogP contribution in [0.4, 0.5) is 11.4 Å². The first-order chi connectivity index (χ1) is 11.3. The molecule has 0 aliphatic carbocycles. The first-order valence-corrected chi connectivity index (χ1v) is 8.26. The number of aromatic carboxylic acids is 1. The minimum Gasteiger partial charge on any atom is -0.482 e. The lowest BCUT2D eigenvalue weighted by Crippen LogP contribution is -2.25. The summed E-state index contributed by atoms with van der Waals surface area (Å²) in [4.78, 5) is 22.2. The number of carbonyl (C=O) groups excluding carboxylic acids is 1. The first-order valence-electron chi connectivity index (χ1n) is 6.78. The predicted octanol–water partition coefficient (Wildman–Crippen LogP) is 1.52. The molecule has 24 heavy (non-hydrogen) atoms. The van der Waals surface area contributed by atoms with Gasteiger partial charge in [0.05, 0.1) is 16.1 Å². The van der Waals surface area contributed by atoms with Crippen LogP contribution in [-0.4, -0.2) is 32.0 Å². The summed E-state index contributed by atoms with van der Waals surface area (Å²) in [7, 11) is -3.96. The Hall–Kier alpha value is -3.07. The standard InChI is InChI=1S/C15H12N2O6S/c18-14-8-23-13-5-4-11(7-12(13)16-14)24(21,22)17-10-3-1-2-9(6-10)15(19)20/h1-7,17H,8H2,(H,16,18)(H,19,20). The summed E-state index contributed by atoms with van der Waals surface area (Å²) in [5.74, 6) is -1.16. The number of benzene rings is 2. The number of carboxylic acid groups (broad SMARTS) is 1. The molecule has 1 aliphatic rings. The lowest BCUT2D eigenvalue weighted by Gasteiger charge is -2.18. The molecule has 2 aromatic carbocycles. The molecule has 9 heteroatoms. The number of carbonyl (C=O) groups is 2. The number of hydrogen-bond acceptors (Lipinski definition) is 5. The van der Waals surface area contributed by atoms with Crippen LogP contribution in [0.2, 0.25) is 0 Å². The van der Waals surface area contributed by atoms with E-state index < -0.39 is 16.0 Å². The smallest absolute Gasteiger partial charge is 0.335 e. The summed E-state index contributed by atoms with van der Waals surface area (Å²) >= 11 is 0. The van der Waals surface area contributed by atoms with Crippen molar-refractivity contribution >= 4 is 33.3 Å². The summed E-state index contributed by atoms with van der Waals surface area (Å²) in [6.45, 7) is -0.126. The average molecular weight is 348 g/mol. The highest BCUT2D eigenvalue weighted by atomic mass is 32.2. The minimum absolute atomic E-state index is 0.0405. The number of anilines is 2. The Balaban J connectivity index is 1.91. The van der Waals surface area contributed by atoms with Gasteiger partial charge in [-0.15, -0.1) is 0 Å². The van der Waals surface area contributed by atoms with Gasteiger partial charge in [0.25, 0.3) is 15.9 Å². The molecule has 0 fully saturated rings. The zero-order valence-electron chi connectivity index (χ0n) is 12.1. The van der Waals surface area contributed by atoms with Gasteiger partial charge in [-0.2, -0.15) is 0 Å². The fourth-order valence-corrected chi connectivity index (χ4v) is 3.23. The van der Waals surface area contributed by atoms with Gasteiger partial charge < -0.3 is 15.2 Å². The minimum atomic E-state index is -3.96. The van der Waals surface area contributed by atoms with Crippen LogP contribution in [0.3, 0.4) is 0 Å². The molecule has 0 spiro atoms. The van der Waals surface area contributed by atoms with Crippen LogP contribution in [0.25, 0.3) is 0 Å². The Labute approximate surface area is 137 Å². The van der Waals surface area contributed by atoms with Crippen LogP contribution < -0.4 is 14.8 Å². The van der Waals surface area contributed by atoms with Gasteiger partial charge in [0.15, 0.2) is 6.61 Å². The van der Waals surface area contributed by atoms with Gasteiger partial charge in [-0.25, -0.2) is 13.2 Å². The molecule has 0 unspecified atom stereocenters. The highest BCUT2D eigenvalue weighted by molar-refractivity contribution is 7.92. The van der Waals surface area contributed by atoms with Gasteiger partial charge in [-0.1, -0.05) is 6.07 Å². The molecular weight excluding hydrogens is 336 g/mol. The Morgan fingerprint density at radius 3 is 2.75 bits per heavy atom. The number of hydrogen-bond donors (Lipinski definition) is 3. The third-order valence-corrected chi connectivity index (χ3v) is 4.63. The average Bonchev–Trinajstić information content (AvgIpc) is 2.54. The van der Waals surface area contributed by atoms with Crippen LogP contribution in [0.15, 0.2) is 47.4 Å². The van der Waals surface area contributed by atoms with Crippen molar-refractivity contribution in [2.45, 2.75) is 4.90 Å². The fourth-order valence-electron chi connectivity index (χ4n) is 2.16. The molecule has 0 bridgehead atoms. The Morgan fingerprint density at radius 1 is 1.21 bits per heavy atom. The first kappa shape index (κ1) is 15.8. The van der Waals surface area contributed by atoms with Crippen LogP contribution in [0.5, 0.6) is 5.75 Å². The number of rotatable bonds is 4. The van der Waals surface area contributed by atoms with Crippen LogP contribution in [0.1, 0.15) is 10.4 Å². The molecule has 0 aromatic heterocycles. The van der Waals surface area contributed by atoms with Crippen molar-refractivity contribution in [3.8, 4) is 5.75 Å². The summed E-state index contributed by atoms with van der Waals surface area (Å²) in [6, 6.07) is 9.48. The van der Waals surface area contributed by atoms with Crippen molar-refractivity contribution in [1.82, 2.24) is 0 Å². The lowest BCUT2D eigenvalue weighted by atomic mass is 10.2. The monoisotopic (exact) mass is 348 g/mol. The third kappa shape index (κ3) is 3.15. The second-order valence-corrected chi connectivity index (χ2v) is 6.67. The van der Waals surface area contributed by atoms with E-state index in [1.165, 1.54) is 42.5 Å². The van der Waals surface area contributed by atoms with Gasteiger partial charge in [-0.05, 0) is 36.4 Å². The Kier molecular flexibility index (Phi) is 3.86. The van der Waals surface area contributed by atoms with E-state index in [1.807, 2.05) is 0 Å². The molecular formula is C15H12N2O6S. The molecule has 3 N–H and O–H groups in total. The van der Waals surface area contributed by atoms with Gasteiger partial charge in [0.1, 0.15) is 5.75 Å². The van der Waals surface area contributed by atoms with Crippen LogP contribution >= 0.6 is 0 Å².